The topological polar surface area (TPSA) is 540 Å². The summed E-state index contributed by atoms with van der Waals surface area (Å²) >= 11 is 0. The molecule has 0 aromatic heterocycles. The number of amides is 9. The molecule has 24 N–H and O–H groups in total. The SMILES string of the molecule is CC[C@H](C)[C@@H]1NC(=O)[C@@H](CCCN=C(N)N)NC(=O)[C@H](CC(C)C)NC(=O)C([C@H](O)C(C)C)NC(=O)[C@@H](NC(O)[C@H](CC(C)(C)C)[NH+]=C(O)[C@H](N)CC(C)C)[C@@H](c2ccccc2)OC(=O)[C@H](CO)NC(=O)[C@H]([C@H](O)C(N)=O)NC(=O)CNC(=O)[C@H]([C@H](C)O)NC1=O. The van der Waals surface area contributed by atoms with Gasteiger partial charge in [-0.1, -0.05) is 113 Å². The number of benzene rings is 1. The van der Waals surface area contributed by atoms with Crippen LogP contribution in [0.25, 0.3) is 0 Å². The quantitative estimate of drug-likeness (QED) is 0.0159. The van der Waals surface area contributed by atoms with E-state index in [4.69, 9.17) is 27.7 Å². The van der Waals surface area contributed by atoms with Crippen molar-refractivity contribution in [3.05, 3.63) is 35.9 Å². The number of nitrogens with zero attached hydrogens (tertiary/aromatic N) is 1. The van der Waals surface area contributed by atoms with Crippen LogP contribution >= 0.6 is 0 Å². The molecule has 1 saturated heterocycles. The summed E-state index contributed by atoms with van der Waals surface area (Å²) < 4.78 is 5.99. The molecule has 32 nitrogen and oxygen atoms in total. The number of nitrogens with two attached hydrogens (primary N) is 4. The lowest BCUT2D eigenvalue weighted by atomic mass is 9.87. The highest BCUT2D eigenvalue weighted by atomic mass is 16.5. The minimum Gasteiger partial charge on any atom is -0.462 e. The molecule has 0 saturated carbocycles. The van der Waals surface area contributed by atoms with Gasteiger partial charge in [-0.05, 0) is 67.3 Å². The van der Waals surface area contributed by atoms with E-state index in [2.05, 4.69) is 52.5 Å². The first-order valence-electron chi connectivity index (χ1n) is 30.5. The first-order chi connectivity index (χ1) is 42.3. The molecule has 9 amide bonds. The number of carbonyl (C=O) groups is 10. The Hall–Kier alpha value is -7.62. The molecule has 0 aliphatic carbocycles. The van der Waals surface area contributed by atoms with Gasteiger partial charge < -0.3 is 101 Å². The van der Waals surface area contributed by atoms with Gasteiger partial charge >= 0.3 is 11.9 Å². The van der Waals surface area contributed by atoms with E-state index in [1.165, 1.54) is 38.1 Å². The van der Waals surface area contributed by atoms with Crippen molar-refractivity contribution in [1.29, 1.82) is 0 Å². The van der Waals surface area contributed by atoms with Gasteiger partial charge in [-0.25, -0.2) is 9.79 Å². The molecule has 32 heteroatoms. The summed E-state index contributed by atoms with van der Waals surface area (Å²) in [6.45, 7) is 17.5. The van der Waals surface area contributed by atoms with Gasteiger partial charge in [0.1, 0.15) is 48.3 Å². The van der Waals surface area contributed by atoms with Gasteiger partial charge in [-0.2, -0.15) is 0 Å². The molecule has 1 heterocycles. The minimum atomic E-state index is -2.56. The lowest BCUT2D eigenvalue weighted by Crippen LogP contribution is -2.87. The van der Waals surface area contributed by atoms with Gasteiger partial charge in [0, 0.05) is 13.0 Å². The number of cyclic esters (lactones) is 1. The van der Waals surface area contributed by atoms with Crippen molar-refractivity contribution in [3.63, 3.8) is 0 Å². The maximum Gasteiger partial charge on any atom is 0.349 e. The van der Waals surface area contributed by atoms with Crippen LogP contribution in [0.15, 0.2) is 35.3 Å². The van der Waals surface area contributed by atoms with Gasteiger partial charge in [0.15, 0.2) is 36.5 Å². The van der Waals surface area contributed by atoms with Crippen LogP contribution in [-0.2, 0) is 52.7 Å². The van der Waals surface area contributed by atoms with Crippen molar-refractivity contribution in [1.82, 2.24) is 47.9 Å². The number of primary amides is 1. The number of aliphatic hydroxyl groups excluding tert-OH is 6. The molecule has 2 rings (SSSR count). The van der Waals surface area contributed by atoms with Crippen molar-refractivity contribution in [2.24, 2.45) is 57.0 Å². The Kier molecular flexibility index (Phi) is 32.9. The third kappa shape index (κ3) is 26.6. The summed E-state index contributed by atoms with van der Waals surface area (Å²) in [5.74, 6) is -15.2. The second kappa shape index (κ2) is 37.6. The number of aliphatic imine (C=N–C) groups is 1. The maximum absolute atomic E-state index is 15.5. The highest BCUT2D eigenvalue weighted by molar-refractivity contribution is 5.99. The monoisotopic (exact) mass is 1290 g/mol. The van der Waals surface area contributed by atoms with Crippen LogP contribution in [0.4, 0.5) is 0 Å². The third-order valence-corrected chi connectivity index (χ3v) is 14.7. The Morgan fingerprint density at radius 3 is 1.79 bits per heavy atom. The van der Waals surface area contributed by atoms with Crippen molar-refractivity contribution >= 4 is 71.0 Å². The minimum absolute atomic E-state index is 0.00194. The first-order valence-corrected chi connectivity index (χ1v) is 30.5. The number of rotatable bonds is 23. The molecule has 16 atom stereocenters. The molecule has 0 bridgehead atoms. The van der Waals surface area contributed by atoms with E-state index in [0.717, 1.165) is 6.92 Å². The summed E-state index contributed by atoms with van der Waals surface area (Å²) in [4.78, 5) is 149. The smallest absolute Gasteiger partial charge is 0.349 e. The van der Waals surface area contributed by atoms with Crippen LogP contribution in [0.3, 0.4) is 0 Å². The Morgan fingerprint density at radius 1 is 0.714 bits per heavy atom. The zero-order chi connectivity index (χ0) is 69.4. The van der Waals surface area contributed by atoms with Crippen molar-refractivity contribution in [3.8, 4) is 0 Å². The number of hydrogen-bond donors (Lipinski definition) is 20. The number of ether oxygens (including phenoxy) is 1. The molecule has 0 radical (unpaired) electrons. The van der Waals surface area contributed by atoms with Crippen LogP contribution in [-0.4, -0.2) is 206 Å². The van der Waals surface area contributed by atoms with E-state index in [1.807, 2.05) is 39.9 Å². The van der Waals surface area contributed by atoms with Gasteiger partial charge in [0.2, 0.25) is 53.2 Å². The van der Waals surface area contributed by atoms with Crippen LogP contribution in [0, 0.1) is 29.1 Å². The average Bonchev–Trinajstić information content (AvgIpc) is 1.10. The molecular weight excluding hydrogens is 1190 g/mol. The van der Waals surface area contributed by atoms with Gasteiger partial charge in [0.25, 0.3) is 0 Å². The lowest BCUT2D eigenvalue weighted by Gasteiger charge is -2.34. The van der Waals surface area contributed by atoms with Crippen LogP contribution in [0.2, 0.25) is 0 Å². The fourth-order valence-electron chi connectivity index (χ4n) is 9.54. The summed E-state index contributed by atoms with van der Waals surface area (Å²) in [6.07, 6.45) is -9.63. The first kappa shape index (κ1) is 79.5. The molecule has 1 aromatic carbocycles. The largest absolute Gasteiger partial charge is 0.462 e. The van der Waals surface area contributed by atoms with Crippen molar-refractivity contribution < 1.29 is 88.3 Å². The zero-order valence-electron chi connectivity index (χ0n) is 54.2. The van der Waals surface area contributed by atoms with Crippen molar-refractivity contribution in [2.75, 3.05) is 19.7 Å². The summed E-state index contributed by atoms with van der Waals surface area (Å²) in [5.41, 5.74) is 22.1. The van der Waals surface area contributed by atoms with E-state index in [1.54, 1.807) is 33.8 Å². The lowest BCUT2D eigenvalue weighted by molar-refractivity contribution is -0.531. The molecule has 91 heavy (non-hydrogen) atoms. The van der Waals surface area contributed by atoms with E-state index in [9.17, 15) is 73.8 Å². The molecule has 1 aliphatic heterocycles. The number of hydrogen-bond acceptors (Lipinski definition) is 19. The number of guanidine groups is 1. The summed E-state index contributed by atoms with van der Waals surface area (Å²) in [7, 11) is 0. The van der Waals surface area contributed by atoms with Crippen LogP contribution in [0.1, 0.15) is 133 Å². The highest BCUT2D eigenvalue weighted by Crippen LogP contribution is 2.26. The molecule has 2 unspecified atom stereocenters. The predicted octanol–water partition coefficient (Wildman–Crippen LogP) is -6.33. The second-order valence-electron chi connectivity index (χ2n) is 25.4. The van der Waals surface area contributed by atoms with E-state index >= 15 is 4.79 Å². The van der Waals surface area contributed by atoms with Crippen LogP contribution < -0.4 is 75.8 Å². The number of esters is 1. The molecule has 1 aromatic rings. The third-order valence-electron chi connectivity index (χ3n) is 14.7. The maximum atomic E-state index is 15.5. The number of carbonyl (C=O) groups excluding carboxylic acids is 10. The fourth-order valence-corrected chi connectivity index (χ4v) is 9.54. The van der Waals surface area contributed by atoms with Gasteiger partial charge in [0.05, 0.1) is 25.4 Å². The second-order valence-corrected chi connectivity index (χ2v) is 25.4. The summed E-state index contributed by atoms with van der Waals surface area (Å²) in [5, 5.41) is 89.6. The normalized spacial score (nSPS) is 25.4. The van der Waals surface area contributed by atoms with E-state index < -0.39 is 186 Å². The fraction of sp³-hybridized carbons (Fsp3) is 0.695. The number of aliphatic hydroxyl groups is 6. The zero-order valence-corrected chi connectivity index (χ0v) is 54.2. The summed E-state index contributed by atoms with van der Waals surface area (Å²) in [6, 6.07) is -9.97. The molecule has 0 spiro atoms. The van der Waals surface area contributed by atoms with Gasteiger partial charge in [-0.3, -0.25) is 53.5 Å². The molecule has 1 aliphatic rings. The Bertz CT molecular complexity index is 2650. The van der Waals surface area contributed by atoms with Gasteiger partial charge in [-0.15, -0.1) is 0 Å². The molecular formula is C59H102N15O17+. The van der Waals surface area contributed by atoms with E-state index in [-0.39, 0.29) is 62.0 Å². The Labute approximate surface area is 530 Å². The Balaban J connectivity index is 3.17. The standard InChI is InChI=1S/C59H101N15O17/c1-13-30(8)39-53(86)72-40(31(9)76)52(85)65-25-38(77)70-42(45(79)47(61)80)55(88)69-37(26-75)57(90)91-46(32-18-15-14-16-19-32)43(74-51(84)36(24-59(10,11)12)68-48(81)33(60)22-27(2)3)56(89)73-41(44(78)29(6)7)54(87)67-35(23-28(4)5)50(83)66-34(49(82)71-39)20-17-21-64-58(62)63/h14-16,18-19,27-31,33-37,39-46,51,74-76,78-79,84H,13,17,20-26,60H2,1-12H3,(H2,61,80)(H,65,85)(H,66,83)(H,67,87)(H,68,81)(H,69,88)(H,70,77)(H,71,82)(H,72,86)(H,73,89)(H4,62,63,64)/p+1/t30-,31-,33+,34+,35-,36-,37-,39-,40-,41?,42-,43-,44+,45-,46+,51?/m0/s1. The molecule has 514 valence electrons. The van der Waals surface area contributed by atoms with E-state index in [0.29, 0.717) is 6.42 Å². The Morgan fingerprint density at radius 2 is 1.26 bits per heavy atom. The molecule has 1 fully saturated rings. The van der Waals surface area contributed by atoms with Crippen LogP contribution in [0.5, 0.6) is 0 Å². The number of nitrogens with one attached hydrogen (secondary N) is 10. The average molecular weight is 1290 g/mol. The highest BCUT2D eigenvalue weighted by Gasteiger charge is 2.44. The van der Waals surface area contributed by atoms with Crippen molar-refractivity contribution in [2.45, 2.75) is 213 Å². The predicted molar refractivity (Wildman–Crippen MR) is 332 cm³/mol.